The number of unbranched alkanes of at least 4 members (excludes halogenated alkanes) is 31. The van der Waals surface area contributed by atoms with E-state index >= 15 is 0 Å². The lowest BCUT2D eigenvalue weighted by Crippen LogP contribution is -2.72. The van der Waals surface area contributed by atoms with Crippen molar-refractivity contribution in [3.8, 4) is 0 Å². The number of hydrogen-bond donors (Lipinski definition) is 25. The van der Waals surface area contributed by atoms with Crippen LogP contribution in [-0.4, -0.2) is 396 Å². The first-order valence-corrected chi connectivity index (χ1v) is 48.2. The minimum atomic E-state index is -3.55. The predicted octanol–water partition coefficient (Wildman–Crippen LogP) is -1.53. The van der Waals surface area contributed by atoms with Crippen LogP contribution in [0.5, 0.6) is 0 Å². The van der Waals surface area contributed by atoms with Gasteiger partial charge < -0.3 is 185 Å². The van der Waals surface area contributed by atoms with Crippen LogP contribution in [0, 0.1) is 0 Å². The second-order valence-corrected chi connectivity index (χ2v) is 36.4. The Morgan fingerprint density at radius 2 is 0.789 bits per heavy atom. The molecule has 0 aromatic heterocycles. The minimum Gasteiger partial charge on any atom is -0.477 e. The molecule has 12 unspecified atom stereocenters. The Hall–Kier alpha value is -4.68. The molecule has 6 rings (SSSR count). The molecule has 6 aliphatic rings. The molecule has 4 amide bonds. The average molecular weight is 1920 g/mol. The van der Waals surface area contributed by atoms with E-state index in [1.807, 2.05) is 0 Å². The van der Waals surface area contributed by atoms with Crippen molar-refractivity contribution < 1.29 is 193 Å². The van der Waals surface area contributed by atoms with Crippen LogP contribution in [0.2, 0.25) is 0 Å². The smallest absolute Gasteiger partial charge is 0.364 e. The summed E-state index contributed by atoms with van der Waals surface area (Å²) >= 11 is 0. The van der Waals surface area contributed by atoms with Crippen LogP contribution in [-0.2, 0) is 85.6 Å². The highest BCUT2D eigenvalue weighted by Gasteiger charge is 2.64. The van der Waals surface area contributed by atoms with Crippen LogP contribution in [0.4, 0.5) is 0 Å². The van der Waals surface area contributed by atoms with E-state index in [0.29, 0.717) is 12.8 Å². The molecule has 0 aromatic rings. The Labute approximate surface area is 778 Å². The zero-order valence-electron chi connectivity index (χ0n) is 77.8. The number of hydrogen-bond acceptors (Lipinski definition) is 37. The summed E-state index contributed by atoms with van der Waals surface area (Å²) in [5.74, 6) is -14.5. The second-order valence-electron chi connectivity index (χ2n) is 36.4. The molecule has 0 aliphatic carbocycles. The molecule has 6 aliphatic heterocycles. The predicted molar refractivity (Wildman–Crippen MR) is 467 cm³/mol. The van der Waals surface area contributed by atoms with Crippen molar-refractivity contribution >= 4 is 35.6 Å². The summed E-state index contributed by atoms with van der Waals surface area (Å²) in [5.41, 5.74) is 0. The molecular formula is C90H160N4O39. The van der Waals surface area contributed by atoms with E-state index in [1.165, 1.54) is 141 Å². The summed E-state index contributed by atoms with van der Waals surface area (Å²) in [4.78, 5) is 80.2. The van der Waals surface area contributed by atoms with E-state index in [9.17, 15) is 136 Å². The molecule has 43 heteroatoms. The maximum absolute atomic E-state index is 14.2. The van der Waals surface area contributed by atoms with Gasteiger partial charge in [0.2, 0.25) is 23.6 Å². The standard InChI is InChI=1S/C90H160N4O39/c1-6-8-10-12-14-16-18-20-21-22-23-24-25-26-27-29-31-33-35-37-39-41-64(108)94-54(55(103)40-38-36-34-32-30-28-19-17-15-13-11-9-7-2)49-122-84-75(116)73(114)77(61(47-98)125-84)128-86-76(117)82(133-90(88(120)121)43-57(105)66(92-52(4)101)81(132-90)69(110)59(107)45-96)78(62(48-99)126-86)129-83-67(93-53(5)102)79(130-85-74(115)72(113)70(111)60(46-97)124-85)71(112)63(127-83)50-123-89(87(118)119)42-56(104)65(91-51(3)100)80(131-89)68(109)58(106)44-95/h38,40,54-63,65-86,95-99,103-107,109-117H,6-37,39,41-50H2,1-5H3,(H,91,100)(H,92,101)(H,93,102)(H,94,108)(H,118,119)(H,120,121)/b40-38+/t54-,55+,56?,57?,58+,59+,60?,61?,62?,63?,65+,66+,67?,68+,69+,70-,71-,72-,73+,74?,75?,76?,77+,78-,79+,80?,81?,82+,83-,84+,85-,86-,89+,90-/m0/s1. The third-order valence-electron chi connectivity index (χ3n) is 25.6. The molecule has 6 heterocycles. The van der Waals surface area contributed by atoms with Crippen molar-refractivity contribution in [1.29, 1.82) is 0 Å². The normalized spacial score (nSPS) is 34.1. The monoisotopic (exact) mass is 1920 g/mol. The Balaban J connectivity index is 1.30. The molecule has 0 saturated carbocycles. The van der Waals surface area contributed by atoms with Gasteiger partial charge in [0.15, 0.2) is 25.2 Å². The van der Waals surface area contributed by atoms with Gasteiger partial charge in [-0.2, -0.15) is 0 Å². The number of aliphatic hydroxyl groups is 19. The molecule has 25 N–H and O–H groups in total. The first kappa shape index (κ1) is 117. The van der Waals surface area contributed by atoms with Gasteiger partial charge in [0, 0.05) is 40.0 Å². The Kier molecular flexibility index (Phi) is 53.8. The highest BCUT2D eigenvalue weighted by molar-refractivity contribution is 5.78. The summed E-state index contributed by atoms with van der Waals surface area (Å²) in [6.45, 7) is -0.916. The number of carbonyl (C=O) groups excluding carboxylic acids is 4. The molecule has 0 bridgehead atoms. The van der Waals surface area contributed by atoms with E-state index in [0.717, 1.165) is 85.0 Å². The van der Waals surface area contributed by atoms with Crippen molar-refractivity contribution in [3.05, 3.63) is 12.2 Å². The first-order valence-electron chi connectivity index (χ1n) is 48.2. The van der Waals surface area contributed by atoms with E-state index in [1.54, 1.807) is 6.08 Å². The fourth-order valence-corrected chi connectivity index (χ4v) is 17.9. The molecule has 0 spiro atoms. The molecule has 6 fully saturated rings. The SMILES string of the molecule is CCCCCCCCCCCCC/C=C/[C@@H](O)[C@H](CO[C@@H]1OC(CO)[C@@H](O[C@@H]2OC(CO)[C@H](O[C@@H]3OC(CO[C@]4(C(=O)O)CC(O)[C@@H](NC(C)=O)C([C@H](O)[C@H](O)CO)O4)[C@H](O)[C@H](O[C@@H]4OC(CO)[C@H](O)[C@H](O)C4O)C3NC(C)=O)[C@H](O[C@]3(C(=O)O)CC(O)[C@@H](NC(C)=O)C([C@H](O)[C@H](O)CO)O3)C2O)[C@H](O)C1O)NC(=O)CCCCCCCCCCCCCCCCCCCCCCC. The van der Waals surface area contributed by atoms with Gasteiger partial charge in [0.05, 0.1) is 82.7 Å². The van der Waals surface area contributed by atoms with Crippen molar-refractivity contribution in [2.24, 2.45) is 0 Å². The van der Waals surface area contributed by atoms with Crippen LogP contribution < -0.4 is 21.3 Å². The Bertz CT molecular complexity index is 3310. The van der Waals surface area contributed by atoms with Gasteiger partial charge in [0.1, 0.15) is 134 Å². The summed E-state index contributed by atoms with van der Waals surface area (Å²) in [5, 5.41) is 247. The van der Waals surface area contributed by atoms with Crippen LogP contribution >= 0.6 is 0 Å². The summed E-state index contributed by atoms with van der Waals surface area (Å²) < 4.78 is 72.9. The topological polar surface area (TPSA) is 686 Å². The van der Waals surface area contributed by atoms with E-state index < -0.39 is 302 Å². The van der Waals surface area contributed by atoms with Crippen molar-refractivity contribution in [2.75, 3.05) is 46.2 Å². The zero-order chi connectivity index (χ0) is 98.1. The quantitative estimate of drug-likeness (QED) is 0.0243. The fourth-order valence-electron chi connectivity index (χ4n) is 17.9. The van der Waals surface area contributed by atoms with E-state index in [2.05, 4.69) is 35.1 Å². The molecule has 34 atom stereocenters. The lowest BCUT2D eigenvalue weighted by Gasteiger charge is -2.53. The largest absolute Gasteiger partial charge is 0.477 e. The molecule has 43 nitrogen and oxygen atoms in total. The van der Waals surface area contributed by atoms with Gasteiger partial charge in [-0.1, -0.05) is 219 Å². The third kappa shape index (κ3) is 36.1. The number of carbonyl (C=O) groups is 6. The molecule has 0 aromatic carbocycles. The van der Waals surface area contributed by atoms with Crippen molar-refractivity contribution in [2.45, 2.75) is 473 Å². The molecule has 774 valence electrons. The van der Waals surface area contributed by atoms with Crippen LogP contribution in [0.3, 0.4) is 0 Å². The van der Waals surface area contributed by atoms with Crippen molar-refractivity contribution in [3.63, 3.8) is 0 Å². The van der Waals surface area contributed by atoms with Crippen LogP contribution in [0.1, 0.15) is 266 Å². The van der Waals surface area contributed by atoms with Gasteiger partial charge in [-0.3, -0.25) is 19.2 Å². The van der Waals surface area contributed by atoms with Gasteiger partial charge in [0.25, 0.3) is 11.6 Å². The van der Waals surface area contributed by atoms with Gasteiger partial charge >= 0.3 is 11.9 Å². The van der Waals surface area contributed by atoms with E-state index in [4.69, 9.17) is 56.8 Å². The number of allylic oxidation sites excluding steroid dienone is 1. The Morgan fingerprint density at radius 1 is 0.406 bits per heavy atom. The Morgan fingerprint density at radius 3 is 1.24 bits per heavy atom. The first-order chi connectivity index (χ1) is 63.5. The maximum atomic E-state index is 14.2. The number of amides is 4. The molecular weight excluding hydrogens is 1760 g/mol. The number of aliphatic carboxylic acids is 2. The molecule has 133 heavy (non-hydrogen) atoms. The third-order valence-corrected chi connectivity index (χ3v) is 25.6. The number of aliphatic hydroxyl groups excluding tert-OH is 19. The summed E-state index contributed by atoms with van der Waals surface area (Å²) in [7, 11) is 0. The number of rotatable bonds is 65. The van der Waals surface area contributed by atoms with Gasteiger partial charge in [-0.05, 0) is 19.3 Å². The van der Waals surface area contributed by atoms with E-state index in [-0.39, 0.29) is 6.42 Å². The summed E-state index contributed by atoms with van der Waals surface area (Å²) in [6.07, 6.45) is -24.2. The fraction of sp³-hybridized carbons (Fsp3) is 0.911. The molecule has 0 radical (unpaired) electrons. The maximum Gasteiger partial charge on any atom is 0.364 e. The van der Waals surface area contributed by atoms with Crippen LogP contribution in [0.15, 0.2) is 12.2 Å². The van der Waals surface area contributed by atoms with Crippen LogP contribution in [0.25, 0.3) is 0 Å². The lowest BCUT2D eigenvalue weighted by molar-refractivity contribution is -0.404. The van der Waals surface area contributed by atoms with Gasteiger partial charge in [-0.25, -0.2) is 9.59 Å². The number of carboxylic acid groups (broad SMARTS) is 2. The van der Waals surface area contributed by atoms with Crippen molar-refractivity contribution in [1.82, 2.24) is 21.3 Å². The average Bonchev–Trinajstić information content (AvgIpc) is 0.742. The van der Waals surface area contributed by atoms with Gasteiger partial charge in [-0.15, -0.1) is 0 Å². The zero-order valence-corrected chi connectivity index (χ0v) is 77.8. The number of ether oxygens (including phenoxy) is 12. The summed E-state index contributed by atoms with van der Waals surface area (Å²) in [6, 6.07) is -7.04. The number of nitrogens with one attached hydrogen (secondary N) is 4. The lowest BCUT2D eigenvalue weighted by atomic mass is 9.88. The number of carboxylic acids is 2. The highest BCUT2D eigenvalue weighted by atomic mass is 16.8. The second kappa shape index (κ2) is 61.1. The molecule has 6 saturated heterocycles. The highest BCUT2D eigenvalue weighted by Crippen LogP contribution is 2.43. The minimum absolute atomic E-state index is 0.0864.